The van der Waals surface area contributed by atoms with Gasteiger partial charge in [0.15, 0.2) is 0 Å². The minimum atomic E-state index is -0.0488. The predicted octanol–water partition coefficient (Wildman–Crippen LogP) is 2.82. The van der Waals surface area contributed by atoms with Gasteiger partial charge in [0.05, 0.1) is 12.6 Å². The number of likely N-dealkylation sites (tertiary alicyclic amines) is 1. The molecule has 2 N–H and O–H groups in total. The second-order valence-electron chi connectivity index (χ2n) is 7.70. The van der Waals surface area contributed by atoms with Crippen LogP contribution in [0.25, 0.3) is 0 Å². The molecule has 144 valence electrons. The van der Waals surface area contributed by atoms with Gasteiger partial charge in [0, 0.05) is 23.7 Å². The molecule has 0 aromatic heterocycles. The van der Waals surface area contributed by atoms with Gasteiger partial charge in [-0.3, -0.25) is 9.69 Å². The minimum absolute atomic E-state index is 0.0488. The Balaban J connectivity index is 1.61. The lowest BCUT2D eigenvalue weighted by Gasteiger charge is -2.33. The summed E-state index contributed by atoms with van der Waals surface area (Å²) in [7, 11) is 2.07. The number of benzene rings is 1. The molecule has 2 aliphatic rings. The normalized spacial score (nSPS) is 22.5. The van der Waals surface area contributed by atoms with Crippen LogP contribution in [0.5, 0.6) is 5.75 Å². The molecule has 2 aliphatic heterocycles. The molecule has 5 nitrogen and oxygen atoms in total. The van der Waals surface area contributed by atoms with E-state index in [9.17, 15) is 4.79 Å². The predicted molar refractivity (Wildman–Crippen MR) is 105 cm³/mol. The van der Waals surface area contributed by atoms with E-state index in [4.69, 9.17) is 16.3 Å². The average molecular weight is 380 g/mol. The summed E-state index contributed by atoms with van der Waals surface area (Å²) in [4.78, 5) is 15.0. The molecule has 26 heavy (non-hydrogen) atoms. The van der Waals surface area contributed by atoms with Gasteiger partial charge in [0.2, 0.25) is 5.91 Å². The van der Waals surface area contributed by atoms with Crippen LogP contribution in [0, 0.1) is 5.41 Å². The van der Waals surface area contributed by atoms with E-state index in [1.54, 1.807) is 0 Å². The van der Waals surface area contributed by atoms with Gasteiger partial charge >= 0.3 is 0 Å². The number of nitrogens with one attached hydrogen (secondary N) is 2. The van der Waals surface area contributed by atoms with Crippen LogP contribution < -0.4 is 15.4 Å². The Hall–Kier alpha value is -1.30. The highest BCUT2D eigenvalue weighted by Gasteiger charge is 2.45. The number of piperidine rings is 1. The Bertz CT molecular complexity index is 631. The summed E-state index contributed by atoms with van der Waals surface area (Å²) in [5, 5.41) is 7.18. The van der Waals surface area contributed by atoms with Crippen LogP contribution in [0.15, 0.2) is 18.2 Å². The average Bonchev–Trinajstić information content (AvgIpc) is 2.95. The Morgan fingerprint density at radius 2 is 2.19 bits per heavy atom. The highest BCUT2D eigenvalue weighted by Crippen LogP contribution is 2.41. The van der Waals surface area contributed by atoms with Crippen LogP contribution in [-0.4, -0.2) is 50.1 Å². The smallest absolute Gasteiger partial charge is 0.237 e. The summed E-state index contributed by atoms with van der Waals surface area (Å²) in [5.41, 5.74) is 1.23. The molecule has 1 atom stereocenters. The van der Waals surface area contributed by atoms with Gasteiger partial charge in [-0.2, -0.15) is 0 Å². The van der Waals surface area contributed by atoms with Crippen molar-refractivity contribution in [2.24, 2.45) is 5.41 Å². The topological polar surface area (TPSA) is 53.6 Å². The summed E-state index contributed by atoms with van der Waals surface area (Å²) in [6.45, 7) is 6.30. The highest BCUT2D eigenvalue weighted by atomic mass is 35.5. The lowest BCUT2D eigenvalue weighted by molar-refractivity contribution is -0.125. The molecule has 0 saturated carbocycles. The number of carbonyl (C=O) groups excluding carboxylic acids is 1. The standard InChI is InChI=1S/C20H30ClN3O2/c1-3-10-26-18-5-4-16(21)11-15(18)13-23-19(25)17-12-20(14-24(17)2)6-8-22-9-7-20/h4-5,11,17,22H,3,6-10,12-14H2,1-2H3,(H,23,25). The Labute approximate surface area is 161 Å². The molecule has 2 fully saturated rings. The van der Waals surface area contributed by atoms with E-state index in [0.717, 1.165) is 56.6 Å². The summed E-state index contributed by atoms with van der Waals surface area (Å²) < 4.78 is 5.78. The molecule has 1 unspecified atom stereocenters. The first kappa shape index (κ1) is 19.5. The molecule has 0 aliphatic carbocycles. The van der Waals surface area contributed by atoms with E-state index in [2.05, 4.69) is 29.5 Å². The molecule has 1 spiro atoms. The molecule has 0 radical (unpaired) electrons. The zero-order valence-electron chi connectivity index (χ0n) is 15.8. The van der Waals surface area contributed by atoms with E-state index >= 15 is 0 Å². The first-order chi connectivity index (χ1) is 12.5. The molecule has 6 heteroatoms. The zero-order chi connectivity index (χ0) is 18.6. The molecule has 2 heterocycles. The molecule has 1 aromatic carbocycles. The summed E-state index contributed by atoms with van der Waals surface area (Å²) in [5.74, 6) is 0.899. The van der Waals surface area contributed by atoms with Gasteiger partial charge in [0.1, 0.15) is 5.75 Å². The molecular formula is C20H30ClN3O2. The maximum Gasteiger partial charge on any atom is 0.237 e. The lowest BCUT2D eigenvalue weighted by Crippen LogP contribution is -2.41. The van der Waals surface area contributed by atoms with Crippen LogP contribution in [0.4, 0.5) is 0 Å². The van der Waals surface area contributed by atoms with E-state index in [1.807, 2.05) is 18.2 Å². The van der Waals surface area contributed by atoms with E-state index < -0.39 is 0 Å². The number of halogens is 1. The number of hydrogen-bond acceptors (Lipinski definition) is 4. The molecule has 1 aromatic rings. The van der Waals surface area contributed by atoms with Gasteiger partial charge in [0.25, 0.3) is 0 Å². The van der Waals surface area contributed by atoms with Crippen molar-refractivity contribution >= 4 is 17.5 Å². The van der Waals surface area contributed by atoms with Gasteiger partial charge in [-0.1, -0.05) is 18.5 Å². The Morgan fingerprint density at radius 3 is 2.92 bits per heavy atom. The van der Waals surface area contributed by atoms with Crippen molar-refractivity contribution in [1.82, 2.24) is 15.5 Å². The number of carbonyl (C=O) groups is 1. The molecule has 1 amide bonds. The Kier molecular flexibility index (Phi) is 6.43. The maximum atomic E-state index is 12.8. The number of nitrogens with zero attached hydrogens (tertiary/aromatic N) is 1. The number of likely N-dealkylation sites (N-methyl/N-ethyl adjacent to an activating group) is 1. The molecule has 0 bridgehead atoms. The van der Waals surface area contributed by atoms with Crippen molar-refractivity contribution in [2.75, 3.05) is 33.3 Å². The zero-order valence-corrected chi connectivity index (χ0v) is 16.6. The maximum absolute atomic E-state index is 12.8. The van der Waals surface area contributed by atoms with Crippen LogP contribution in [0.3, 0.4) is 0 Å². The second kappa shape index (κ2) is 8.59. The van der Waals surface area contributed by atoms with Gasteiger partial charge in [-0.05, 0) is 69.4 Å². The SMILES string of the molecule is CCCOc1ccc(Cl)cc1CNC(=O)C1CC2(CCNCC2)CN1C. The fourth-order valence-electron chi connectivity index (χ4n) is 4.22. The van der Waals surface area contributed by atoms with Crippen LogP contribution in [0.2, 0.25) is 5.02 Å². The molecule has 2 saturated heterocycles. The van der Waals surface area contributed by atoms with Crippen molar-refractivity contribution in [2.45, 2.75) is 45.2 Å². The third-order valence-corrected chi connectivity index (χ3v) is 5.88. The van der Waals surface area contributed by atoms with Gasteiger partial charge in [-0.25, -0.2) is 0 Å². The Morgan fingerprint density at radius 1 is 1.42 bits per heavy atom. The first-order valence-electron chi connectivity index (χ1n) is 9.63. The van der Waals surface area contributed by atoms with Crippen molar-refractivity contribution < 1.29 is 9.53 Å². The fourth-order valence-corrected chi connectivity index (χ4v) is 4.42. The fraction of sp³-hybridized carbons (Fsp3) is 0.650. The highest BCUT2D eigenvalue weighted by molar-refractivity contribution is 6.30. The van der Waals surface area contributed by atoms with Crippen molar-refractivity contribution in [3.8, 4) is 5.75 Å². The summed E-state index contributed by atoms with van der Waals surface area (Å²) in [6, 6.07) is 5.53. The minimum Gasteiger partial charge on any atom is -0.493 e. The van der Waals surface area contributed by atoms with E-state index in [-0.39, 0.29) is 11.9 Å². The van der Waals surface area contributed by atoms with Crippen molar-refractivity contribution in [3.05, 3.63) is 28.8 Å². The number of hydrogen-bond donors (Lipinski definition) is 2. The van der Waals surface area contributed by atoms with Gasteiger partial charge < -0.3 is 15.4 Å². The molecule has 3 rings (SSSR count). The largest absolute Gasteiger partial charge is 0.493 e. The van der Waals surface area contributed by atoms with Crippen molar-refractivity contribution in [1.29, 1.82) is 0 Å². The third-order valence-electron chi connectivity index (χ3n) is 5.65. The van der Waals surface area contributed by atoms with E-state index in [0.29, 0.717) is 23.6 Å². The lowest BCUT2D eigenvalue weighted by atomic mass is 9.77. The van der Waals surface area contributed by atoms with Crippen molar-refractivity contribution in [3.63, 3.8) is 0 Å². The number of amides is 1. The van der Waals surface area contributed by atoms with E-state index in [1.165, 1.54) is 0 Å². The first-order valence-corrected chi connectivity index (χ1v) is 10.0. The number of rotatable bonds is 6. The third kappa shape index (κ3) is 4.51. The number of ether oxygens (including phenoxy) is 1. The monoisotopic (exact) mass is 379 g/mol. The second-order valence-corrected chi connectivity index (χ2v) is 8.14. The molecular weight excluding hydrogens is 350 g/mol. The van der Waals surface area contributed by atoms with Crippen LogP contribution in [0.1, 0.15) is 38.2 Å². The van der Waals surface area contributed by atoms with Crippen LogP contribution in [-0.2, 0) is 11.3 Å². The quantitative estimate of drug-likeness (QED) is 0.798. The van der Waals surface area contributed by atoms with Crippen LogP contribution >= 0.6 is 11.6 Å². The summed E-state index contributed by atoms with van der Waals surface area (Å²) >= 11 is 6.13. The summed E-state index contributed by atoms with van der Waals surface area (Å²) in [6.07, 6.45) is 4.21. The van der Waals surface area contributed by atoms with Gasteiger partial charge in [-0.15, -0.1) is 0 Å².